The fourth-order valence-electron chi connectivity index (χ4n) is 1.93. The molecule has 2 nitrogen and oxygen atoms in total. The Morgan fingerprint density at radius 2 is 1.44 bits per heavy atom. The van der Waals surface area contributed by atoms with Crippen LogP contribution in [0.5, 0.6) is 0 Å². The van der Waals surface area contributed by atoms with E-state index in [9.17, 15) is 9.59 Å². The van der Waals surface area contributed by atoms with Gasteiger partial charge in [-0.05, 0) is 12.5 Å². The maximum atomic E-state index is 12.5. The summed E-state index contributed by atoms with van der Waals surface area (Å²) < 4.78 is 0. The highest BCUT2D eigenvalue weighted by atomic mass is 16.1. The molecule has 0 saturated carbocycles. The molecule has 0 bridgehead atoms. The Balaban J connectivity index is 2.46. The van der Waals surface area contributed by atoms with Crippen LogP contribution in [0.3, 0.4) is 0 Å². The van der Waals surface area contributed by atoms with Gasteiger partial charge in [0.25, 0.3) is 0 Å². The highest BCUT2D eigenvalue weighted by Crippen LogP contribution is 2.25. The molecule has 1 atom stereocenters. The Kier molecular flexibility index (Phi) is 3.38. The van der Waals surface area contributed by atoms with E-state index >= 15 is 0 Å². The SMILES string of the molecule is CC(C=O)(C(=O)c1ccccc1)c1ccccc1. The van der Waals surface area contributed by atoms with Crippen molar-refractivity contribution in [2.45, 2.75) is 12.3 Å². The second kappa shape index (κ2) is 4.96. The summed E-state index contributed by atoms with van der Waals surface area (Å²) >= 11 is 0. The molecule has 90 valence electrons. The van der Waals surface area contributed by atoms with Gasteiger partial charge < -0.3 is 4.79 Å². The van der Waals surface area contributed by atoms with Crippen LogP contribution in [-0.2, 0) is 10.2 Å². The molecule has 0 amide bonds. The van der Waals surface area contributed by atoms with Crippen LogP contribution < -0.4 is 0 Å². The average Bonchev–Trinajstić information content (AvgIpc) is 2.47. The van der Waals surface area contributed by atoms with Crippen molar-refractivity contribution in [3.8, 4) is 0 Å². The fraction of sp³-hybridized carbons (Fsp3) is 0.125. The van der Waals surface area contributed by atoms with E-state index in [0.717, 1.165) is 6.29 Å². The van der Waals surface area contributed by atoms with Gasteiger partial charge in [0.15, 0.2) is 5.78 Å². The van der Waals surface area contributed by atoms with Crippen LogP contribution in [0.2, 0.25) is 0 Å². The van der Waals surface area contributed by atoms with Crippen LogP contribution >= 0.6 is 0 Å². The molecule has 2 aromatic rings. The Morgan fingerprint density at radius 3 is 1.94 bits per heavy atom. The molecule has 0 aliphatic rings. The minimum atomic E-state index is -1.12. The molecule has 2 aromatic carbocycles. The lowest BCUT2D eigenvalue weighted by Gasteiger charge is -2.22. The van der Waals surface area contributed by atoms with Gasteiger partial charge in [-0.25, -0.2) is 0 Å². The molecule has 0 fully saturated rings. The first-order chi connectivity index (χ1) is 8.68. The van der Waals surface area contributed by atoms with Crippen molar-refractivity contribution in [1.29, 1.82) is 0 Å². The van der Waals surface area contributed by atoms with E-state index in [2.05, 4.69) is 0 Å². The molecule has 18 heavy (non-hydrogen) atoms. The van der Waals surface area contributed by atoms with E-state index in [0.29, 0.717) is 11.1 Å². The number of hydrogen-bond donors (Lipinski definition) is 0. The summed E-state index contributed by atoms with van der Waals surface area (Å²) in [5.41, 5.74) is 0.146. The largest absolute Gasteiger partial charge is 0.302 e. The lowest BCUT2D eigenvalue weighted by Crippen LogP contribution is -2.34. The molecule has 0 spiro atoms. The van der Waals surface area contributed by atoms with E-state index in [1.54, 1.807) is 43.3 Å². The molecule has 0 heterocycles. The van der Waals surface area contributed by atoms with E-state index in [4.69, 9.17) is 0 Å². The first kappa shape index (κ1) is 12.2. The maximum Gasteiger partial charge on any atom is 0.180 e. The third-order valence-corrected chi connectivity index (χ3v) is 3.12. The van der Waals surface area contributed by atoms with Crippen molar-refractivity contribution in [3.05, 3.63) is 71.8 Å². The lowest BCUT2D eigenvalue weighted by molar-refractivity contribution is -0.110. The molecule has 0 radical (unpaired) electrons. The molecule has 0 saturated heterocycles. The van der Waals surface area contributed by atoms with Gasteiger partial charge in [-0.2, -0.15) is 0 Å². The average molecular weight is 238 g/mol. The van der Waals surface area contributed by atoms with Crippen LogP contribution in [0, 0.1) is 0 Å². The number of Topliss-reactive ketones (excluding diaryl/α,β-unsaturated/α-hetero) is 1. The predicted molar refractivity (Wildman–Crippen MR) is 70.6 cm³/mol. The van der Waals surface area contributed by atoms with Gasteiger partial charge >= 0.3 is 0 Å². The maximum absolute atomic E-state index is 12.5. The first-order valence-corrected chi connectivity index (χ1v) is 5.80. The topological polar surface area (TPSA) is 34.1 Å². The number of ketones is 1. The third kappa shape index (κ3) is 2.09. The van der Waals surface area contributed by atoms with Gasteiger partial charge in [-0.3, -0.25) is 4.79 Å². The summed E-state index contributed by atoms with van der Waals surface area (Å²) in [6.07, 6.45) is 0.720. The molecular weight excluding hydrogens is 224 g/mol. The summed E-state index contributed by atoms with van der Waals surface area (Å²) in [5.74, 6) is -0.177. The third-order valence-electron chi connectivity index (χ3n) is 3.12. The van der Waals surface area contributed by atoms with Crippen LogP contribution in [0.25, 0.3) is 0 Å². The molecule has 0 aliphatic carbocycles. The smallest absolute Gasteiger partial charge is 0.180 e. The monoisotopic (exact) mass is 238 g/mol. The number of benzene rings is 2. The summed E-state index contributed by atoms with van der Waals surface area (Å²) in [4.78, 5) is 23.9. The molecule has 1 unspecified atom stereocenters. The normalized spacial score (nSPS) is 13.6. The van der Waals surface area contributed by atoms with Crippen LogP contribution in [0.4, 0.5) is 0 Å². The molecule has 2 rings (SSSR count). The lowest BCUT2D eigenvalue weighted by atomic mass is 9.77. The molecule has 0 aliphatic heterocycles. The number of carbonyl (C=O) groups excluding carboxylic acids is 2. The van der Waals surface area contributed by atoms with E-state index < -0.39 is 5.41 Å². The second-order valence-electron chi connectivity index (χ2n) is 4.38. The van der Waals surface area contributed by atoms with Crippen molar-refractivity contribution in [2.75, 3.05) is 0 Å². The van der Waals surface area contributed by atoms with Crippen molar-refractivity contribution < 1.29 is 9.59 Å². The van der Waals surface area contributed by atoms with Crippen LogP contribution in [0.15, 0.2) is 60.7 Å². The Bertz CT molecular complexity index is 546. The number of rotatable bonds is 4. The quantitative estimate of drug-likeness (QED) is 0.466. The van der Waals surface area contributed by atoms with Gasteiger partial charge in [0.2, 0.25) is 0 Å². The van der Waals surface area contributed by atoms with E-state index in [1.165, 1.54) is 0 Å². The van der Waals surface area contributed by atoms with Crippen molar-refractivity contribution in [1.82, 2.24) is 0 Å². The Labute approximate surface area is 106 Å². The number of aldehydes is 1. The van der Waals surface area contributed by atoms with Gasteiger partial charge in [0.1, 0.15) is 11.7 Å². The van der Waals surface area contributed by atoms with E-state index in [1.807, 2.05) is 24.3 Å². The molecule has 0 N–H and O–H groups in total. The van der Waals surface area contributed by atoms with Gasteiger partial charge in [-0.15, -0.1) is 0 Å². The van der Waals surface area contributed by atoms with Crippen molar-refractivity contribution >= 4 is 12.1 Å². The Morgan fingerprint density at radius 1 is 0.944 bits per heavy atom. The predicted octanol–water partition coefficient (Wildman–Crippen LogP) is 3.03. The standard InChI is InChI=1S/C16H14O2/c1-16(12-17,14-10-6-3-7-11-14)15(18)13-8-4-2-5-9-13/h2-12H,1H3. The van der Waals surface area contributed by atoms with Crippen molar-refractivity contribution in [3.63, 3.8) is 0 Å². The van der Waals surface area contributed by atoms with Crippen LogP contribution in [0.1, 0.15) is 22.8 Å². The van der Waals surface area contributed by atoms with E-state index in [-0.39, 0.29) is 5.78 Å². The van der Waals surface area contributed by atoms with Gasteiger partial charge in [0.05, 0.1) is 0 Å². The number of hydrogen-bond acceptors (Lipinski definition) is 2. The minimum Gasteiger partial charge on any atom is -0.302 e. The fourth-order valence-corrected chi connectivity index (χ4v) is 1.93. The highest BCUT2D eigenvalue weighted by Gasteiger charge is 2.35. The zero-order chi connectivity index (χ0) is 13.0. The zero-order valence-electron chi connectivity index (χ0n) is 10.2. The molecule has 2 heteroatoms. The summed E-state index contributed by atoms with van der Waals surface area (Å²) in [6.45, 7) is 1.66. The van der Waals surface area contributed by atoms with Gasteiger partial charge in [0, 0.05) is 5.56 Å². The second-order valence-corrected chi connectivity index (χ2v) is 4.38. The van der Waals surface area contributed by atoms with Crippen molar-refractivity contribution in [2.24, 2.45) is 0 Å². The molecular formula is C16H14O2. The first-order valence-electron chi connectivity index (χ1n) is 5.80. The highest BCUT2D eigenvalue weighted by molar-refractivity contribution is 6.13. The Hall–Kier alpha value is -2.22. The zero-order valence-corrected chi connectivity index (χ0v) is 10.2. The van der Waals surface area contributed by atoms with Crippen LogP contribution in [-0.4, -0.2) is 12.1 Å². The van der Waals surface area contributed by atoms with Gasteiger partial charge in [-0.1, -0.05) is 60.7 Å². The summed E-state index contributed by atoms with van der Waals surface area (Å²) in [7, 11) is 0. The summed E-state index contributed by atoms with van der Waals surface area (Å²) in [6, 6.07) is 18.0. The number of carbonyl (C=O) groups is 2. The minimum absolute atomic E-state index is 0.177. The molecule has 0 aromatic heterocycles. The summed E-state index contributed by atoms with van der Waals surface area (Å²) in [5, 5.41) is 0.